The van der Waals surface area contributed by atoms with Crippen LogP contribution in [0.2, 0.25) is 0 Å². The summed E-state index contributed by atoms with van der Waals surface area (Å²) in [6.07, 6.45) is 2.59. The molecule has 3 heterocycles. The lowest BCUT2D eigenvalue weighted by molar-refractivity contribution is -0.145. The van der Waals surface area contributed by atoms with Crippen molar-refractivity contribution in [3.05, 3.63) is 22.8 Å². The average molecular weight is 382 g/mol. The first-order valence-corrected chi connectivity index (χ1v) is 8.22. The monoisotopic (exact) mass is 381 g/mol. The number of hydrogen-bond donors (Lipinski definition) is 0. The van der Waals surface area contributed by atoms with Gasteiger partial charge in [0.15, 0.2) is 0 Å². The molecule has 2 saturated heterocycles. The van der Waals surface area contributed by atoms with Crippen LogP contribution in [0.4, 0.5) is 0 Å². The van der Waals surface area contributed by atoms with Crippen molar-refractivity contribution in [2.45, 2.75) is 25.4 Å². The van der Waals surface area contributed by atoms with Crippen molar-refractivity contribution < 1.29 is 19.1 Å². The van der Waals surface area contributed by atoms with Gasteiger partial charge in [-0.25, -0.2) is 4.98 Å². The molecule has 3 amide bonds. The Labute approximate surface area is 141 Å². The Morgan fingerprint density at radius 1 is 1.35 bits per heavy atom. The number of halogens is 1. The summed E-state index contributed by atoms with van der Waals surface area (Å²) in [6.45, 7) is 0.805. The zero-order valence-electron chi connectivity index (χ0n) is 12.4. The normalized spacial score (nSPS) is 21.2. The van der Waals surface area contributed by atoms with Gasteiger partial charge in [-0.15, -0.1) is 0 Å². The molecule has 1 unspecified atom stereocenters. The Kier molecular flexibility index (Phi) is 4.61. The SMILES string of the molecule is O=C(CN1C(=O)CCC1=O)N1CCC(Oc2ncccc2Br)C1. The Bertz CT molecular complexity index is 635. The third kappa shape index (κ3) is 3.52. The molecule has 0 saturated carbocycles. The van der Waals surface area contributed by atoms with Crippen molar-refractivity contribution in [1.29, 1.82) is 0 Å². The highest BCUT2D eigenvalue weighted by Crippen LogP contribution is 2.24. The van der Waals surface area contributed by atoms with Crippen molar-refractivity contribution in [2.24, 2.45) is 0 Å². The molecule has 8 heteroatoms. The average Bonchev–Trinajstić information content (AvgIpc) is 3.11. The molecule has 2 aliphatic heterocycles. The van der Waals surface area contributed by atoms with Gasteiger partial charge in [0.2, 0.25) is 23.6 Å². The summed E-state index contributed by atoms with van der Waals surface area (Å²) in [4.78, 5) is 42.2. The number of carbonyl (C=O) groups is 3. The number of ether oxygens (including phenoxy) is 1. The molecule has 0 spiro atoms. The fraction of sp³-hybridized carbons (Fsp3) is 0.467. The van der Waals surface area contributed by atoms with E-state index in [2.05, 4.69) is 20.9 Å². The van der Waals surface area contributed by atoms with Crippen LogP contribution in [0.3, 0.4) is 0 Å². The molecular weight excluding hydrogens is 366 g/mol. The molecule has 2 aliphatic rings. The fourth-order valence-electron chi connectivity index (χ4n) is 2.70. The largest absolute Gasteiger partial charge is 0.472 e. The molecule has 0 radical (unpaired) electrons. The Morgan fingerprint density at radius 3 is 2.78 bits per heavy atom. The van der Waals surface area contributed by atoms with Crippen molar-refractivity contribution >= 4 is 33.7 Å². The van der Waals surface area contributed by atoms with E-state index in [1.165, 1.54) is 0 Å². The lowest BCUT2D eigenvalue weighted by Crippen LogP contribution is -2.42. The predicted molar refractivity (Wildman–Crippen MR) is 83.5 cm³/mol. The minimum atomic E-state index is -0.271. The van der Waals surface area contributed by atoms with Crippen LogP contribution in [0, 0.1) is 0 Å². The topological polar surface area (TPSA) is 79.8 Å². The van der Waals surface area contributed by atoms with E-state index in [4.69, 9.17) is 4.74 Å². The lowest BCUT2D eigenvalue weighted by atomic mass is 10.3. The van der Waals surface area contributed by atoms with Gasteiger partial charge < -0.3 is 9.64 Å². The zero-order chi connectivity index (χ0) is 16.4. The molecule has 0 N–H and O–H groups in total. The Hall–Kier alpha value is -1.96. The minimum Gasteiger partial charge on any atom is -0.472 e. The van der Waals surface area contributed by atoms with E-state index < -0.39 is 0 Å². The van der Waals surface area contributed by atoms with Crippen LogP contribution < -0.4 is 4.74 Å². The number of amides is 3. The van der Waals surface area contributed by atoms with Gasteiger partial charge in [-0.05, 0) is 28.1 Å². The van der Waals surface area contributed by atoms with Crippen molar-refractivity contribution in [1.82, 2.24) is 14.8 Å². The quantitative estimate of drug-likeness (QED) is 0.726. The summed E-state index contributed by atoms with van der Waals surface area (Å²) in [5.41, 5.74) is 0. The second kappa shape index (κ2) is 6.66. The predicted octanol–water partition coefficient (Wildman–Crippen LogP) is 0.973. The number of aromatic nitrogens is 1. The van der Waals surface area contributed by atoms with E-state index in [0.29, 0.717) is 25.4 Å². The maximum Gasteiger partial charge on any atom is 0.242 e. The summed E-state index contributed by atoms with van der Waals surface area (Å²) < 4.78 is 6.56. The molecule has 1 aromatic rings. The van der Waals surface area contributed by atoms with Crippen LogP contribution >= 0.6 is 15.9 Å². The van der Waals surface area contributed by atoms with Gasteiger partial charge in [0.05, 0.1) is 11.0 Å². The summed E-state index contributed by atoms with van der Waals surface area (Å²) in [6, 6.07) is 3.64. The smallest absolute Gasteiger partial charge is 0.242 e. The van der Waals surface area contributed by atoms with Crippen molar-refractivity contribution in [2.75, 3.05) is 19.6 Å². The van der Waals surface area contributed by atoms with Crippen LogP contribution in [0.1, 0.15) is 19.3 Å². The number of nitrogens with zero attached hydrogens (tertiary/aromatic N) is 3. The van der Waals surface area contributed by atoms with Gasteiger partial charge in [0.25, 0.3) is 0 Å². The second-order valence-electron chi connectivity index (χ2n) is 5.53. The Balaban J connectivity index is 1.55. The highest BCUT2D eigenvalue weighted by molar-refractivity contribution is 9.10. The second-order valence-corrected chi connectivity index (χ2v) is 6.39. The molecule has 1 aromatic heterocycles. The van der Waals surface area contributed by atoms with E-state index in [-0.39, 0.29) is 43.2 Å². The standard InChI is InChI=1S/C15H16BrN3O4/c16-11-2-1-6-17-15(11)23-10-5-7-18(8-10)14(22)9-19-12(20)3-4-13(19)21/h1-2,6,10H,3-5,7-9H2. The molecule has 0 aliphatic carbocycles. The van der Waals surface area contributed by atoms with Gasteiger partial charge in [0.1, 0.15) is 12.6 Å². The van der Waals surface area contributed by atoms with Gasteiger partial charge in [-0.2, -0.15) is 0 Å². The first kappa shape index (κ1) is 15.9. The maximum absolute atomic E-state index is 12.3. The first-order chi connectivity index (χ1) is 11.0. The van der Waals surface area contributed by atoms with Gasteiger partial charge in [0, 0.05) is 32.0 Å². The van der Waals surface area contributed by atoms with Crippen LogP contribution in [0.15, 0.2) is 22.8 Å². The summed E-state index contributed by atoms with van der Waals surface area (Å²) in [5, 5.41) is 0. The third-order valence-electron chi connectivity index (χ3n) is 3.95. The fourth-order valence-corrected chi connectivity index (χ4v) is 3.05. The summed E-state index contributed by atoms with van der Waals surface area (Å²) in [5.74, 6) is -0.267. The maximum atomic E-state index is 12.3. The van der Waals surface area contributed by atoms with Gasteiger partial charge >= 0.3 is 0 Å². The van der Waals surface area contributed by atoms with E-state index in [1.807, 2.05) is 6.07 Å². The number of rotatable bonds is 4. The minimum absolute atomic E-state index is 0.143. The van der Waals surface area contributed by atoms with Crippen molar-refractivity contribution in [3.8, 4) is 5.88 Å². The van der Waals surface area contributed by atoms with Crippen LogP contribution in [-0.2, 0) is 14.4 Å². The number of imide groups is 1. The number of likely N-dealkylation sites (tertiary alicyclic amines) is 2. The lowest BCUT2D eigenvalue weighted by Gasteiger charge is -2.20. The summed E-state index contributed by atoms with van der Waals surface area (Å²) in [7, 11) is 0. The molecule has 2 fully saturated rings. The van der Waals surface area contributed by atoms with E-state index >= 15 is 0 Å². The van der Waals surface area contributed by atoms with Crippen LogP contribution in [0.5, 0.6) is 5.88 Å². The molecule has 1 atom stereocenters. The number of carbonyl (C=O) groups excluding carboxylic acids is 3. The van der Waals surface area contributed by atoms with Gasteiger partial charge in [-0.3, -0.25) is 19.3 Å². The van der Waals surface area contributed by atoms with Gasteiger partial charge in [-0.1, -0.05) is 0 Å². The number of hydrogen-bond acceptors (Lipinski definition) is 5. The van der Waals surface area contributed by atoms with Crippen molar-refractivity contribution in [3.63, 3.8) is 0 Å². The summed E-state index contributed by atoms with van der Waals surface area (Å²) >= 11 is 3.37. The highest BCUT2D eigenvalue weighted by atomic mass is 79.9. The molecule has 0 bridgehead atoms. The zero-order valence-corrected chi connectivity index (χ0v) is 14.0. The molecule has 7 nitrogen and oxygen atoms in total. The van der Waals surface area contributed by atoms with Crippen LogP contribution in [0.25, 0.3) is 0 Å². The van der Waals surface area contributed by atoms with E-state index in [1.54, 1.807) is 17.2 Å². The highest BCUT2D eigenvalue weighted by Gasteiger charge is 2.34. The first-order valence-electron chi connectivity index (χ1n) is 7.42. The third-order valence-corrected chi connectivity index (χ3v) is 4.55. The van der Waals surface area contributed by atoms with Crippen LogP contribution in [-0.4, -0.2) is 58.2 Å². The number of pyridine rings is 1. The molecule has 23 heavy (non-hydrogen) atoms. The van der Waals surface area contributed by atoms with E-state index in [9.17, 15) is 14.4 Å². The molecule has 0 aromatic carbocycles. The molecular formula is C15H16BrN3O4. The molecule has 3 rings (SSSR count). The molecule has 122 valence electrons. The van der Waals surface area contributed by atoms with E-state index in [0.717, 1.165) is 9.37 Å². The Morgan fingerprint density at radius 2 is 2.09 bits per heavy atom.